The van der Waals surface area contributed by atoms with Crippen LogP contribution >= 0.6 is 0 Å². The van der Waals surface area contributed by atoms with E-state index in [-0.39, 0.29) is 0 Å². The van der Waals surface area contributed by atoms with Crippen molar-refractivity contribution in [3.05, 3.63) is 11.8 Å². The summed E-state index contributed by atoms with van der Waals surface area (Å²) in [6.45, 7) is 9.68. The van der Waals surface area contributed by atoms with Crippen LogP contribution < -0.4 is 0 Å². The molecule has 0 N–H and O–H groups in total. The molecule has 0 aromatic rings. The number of hydrogen-bond acceptors (Lipinski definition) is 1. The van der Waals surface area contributed by atoms with Crippen LogP contribution in [0.1, 0.15) is 20.8 Å². The first-order valence-corrected chi connectivity index (χ1v) is 2.81. The zero-order chi connectivity index (χ0) is 6.57. The third-order valence-electron chi connectivity index (χ3n) is 1.21. The molecule has 0 bridgehead atoms. The van der Waals surface area contributed by atoms with E-state index in [2.05, 4.69) is 32.5 Å². The molecule has 0 saturated carbocycles. The molecule has 0 fully saturated rings. The minimum absolute atomic E-state index is 0.598. The molecular formula is C7H13N. The largest absolute Gasteiger partial charge is 0.273 e. The van der Waals surface area contributed by atoms with Crippen LogP contribution in [0.5, 0.6) is 0 Å². The minimum Gasteiger partial charge on any atom is -0.273 e. The summed E-state index contributed by atoms with van der Waals surface area (Å²) < 4.78 is 0. The zero-order valence-electron chi connectivity index (χ0n) is 5.81. The van der Waals surface area contributed by atoms with Gasteiger partial charge in [-0.2, -0.15) is 0 Å². The summed E-state index contributed by atoms with van der Waals surface area (Å²) in [4.78, 5) is 3.64. The Kier molecular flexibility index (Phi) is 3.16. The molecule has 8 heavy (non-hydrogen) atoms. The van der Waals surface area contributed by atoms with Crippen molar-refractivity contribution >= 4 is 6.72 Å². The molecule has 0 aliphatic rings. The Bertz CT molecular complexity index is 101. The van der Waals surface area contributed by atoms with Crippen molar-refractivity contribution in [1.29, 1.82) is 0 Å². The van der Waals surface area contributed by atoms with Gasteiger partial charge in [-0.15, -0.1) is 0 Å². The summed E-state index contributed by atoms with van der Waals surface area (Å²) in [6.07, 6.45) is 1.80. The van der Waals surface area contributed by atoms with Gasteiger partial charge in [0, 0.05) is 6.20 Å². The van der Waals surface area contributed by atoms with Crippen LogP contribution in [0.2, 0.25) is 0 Å². The summed E-state index contributed by atoms with van der Waals surface area (Å²) in [6, 6.07) is 0. The molecule has 0 aliphatic heterocycles. The maximum absolute atomic E-state index is 3.64. The lowest BCUT2D eigenvalue weighted by molar-refractivity contribution is 0.766. The van der Waals surface area contributed by atoms with E-state index in [0.29, 0.717) is 5.92 Å². The van der Waals surface area contributed by atoms with Gasteiger partial charge in [-0.05, 0) is 19.6 Å². The molecule has 0 unspecified atom stereocenters. The molecule has 1 nitrogen and oxygen atoms in total. The molecule has 0 amide bonds. The molecule has 0 spiro atoms. The van der Waals surface area contributed by atoms with Gasteiger partial charge in [0.05, 0.1) is 0 Å². The van der Waals surface area contributed by atoms with E-state index in [0.717, 1.165) is 0 Å². The molecule has 0 atom stereocenters. The molecule has 0 rings (SSSR count). The Morgan fingerprint density at radius 2 is 2.12 bits per heavy atom. The standard InChI is InChI=1S/C7H13N/c1-6(2)7(3)5-8-4/h5-6H,4H2,1-3H3/b7-5+. The summed E-state index contributed by atoms with van der Waals surface area (Å²) in [5.74, 6) is 0.598. The van der Waals surface area contributed by atoms with E-state index < -0.39 is 0 Å². The van der Waals surface area contributed by atoms with E-state index in [1.54, 1.807) is 6.20 Å². The highest BCUT2D eigenvalue weighted by atomic mass is 14.6. The van der Waals surface area contributed by atoms with Crippen LogP contribution in [0, 0.1) is 5.92 Å². The van der Waals surface area contributed by atoms with Gasteiger partial charge >= 0.3 is 0 Å². The Hall–Kier alpha value is -0.590. The van der Waals surface area contributed by atoms with E-state index in [1.807, 2.05) is 0 Å². The summed E-state index contributed by atoms with van der Waals surface area (Å²) >= 11 is 0. The van der Waals surface area contributed by atoms with Gasteiger partial charge in [0.2, 0.25) is 0 Å². The molecular weight excluding hydrogens is 98.1 g/mol. The van der Waals surface area contributed by atoms with E-state index in [4.69, 9.17) is 0 Å². The summed E-state index contributed by atoms with van der Waals surface area (Å²) in [5.41, 5.74) is 1.28. The van der Waals surface area contributed by atoms with Crippen molar-refractivity contribution < 1.29 is 0 Å². The Labute approximate surface area is 51.1 Å². The number of aliphatic imine (C=N–C) groups is 1. The molecule has 0 aliphatic carbocycles. The predicted molar refractivity (Wildman–Crippen MR) is 38.1 cm³/mol. The molecule has 1 heteroatoms. The van der Waals surface area contributed by atoms with Crippen molar-refractivity contribution in [3.63, 3.8) is 0 Å². The van der Waals surface area contributed by atoms with Gasteiger partial charge in [-0.3, -0.25) is 4.99 Å². The van der Waals surface area contributed by atoms with E-state index in [9.17, 15) is 0 Å². The van der Waals surface area contributed by atoms with Gasteiger partial charge < -0.3 is 0 Å². The van der Waals surface area contributed by atoms with Crippen LogP contribution in [0.4, 0.5) is 0 Å². The van der Waals surface area contributed by atoms with Crippen molar-refractivity contribution in [2.45, 2.75) is 20.8 Å². The Morgan fingerprint density at radius 1 is 1.62 bits per heavy atom. The lowest BCUT2D eigenvalue weighted by atomic mass is 10.1. The normalized spacial score (nSPS) is 12.2. The maximum Gasteiger partial charge on any atom is 0.0252 e. The lowest BCUT2D eigenvalue weighted by Crippen LogP contribution is -1.86. The van der Waals surface area contributed by atoms with Crippen molar-refractivity contribution in [2.75, 3.05) is 0 Å². The molecule has 0 aromatic carbocycles. The topological polar surface area (TPSA) is 12.4 Å². The van der Waals surface area contributed by atoms with Gasteiger partial charge in [-0.25, -0.2) is 0 Å². The second-order valence-electron chi connectivity index (χ2n) is 2.21. The molecule has 0 aromatic heterocycles. The van der Waals surface area contributed by atoms with Crippen molar-refractivity contribution in [2.24, 2.45) is 10.9 Å². The first-order valence-electron chi connectivity index (χ1n) is 2.81. The lowest BCUT2D eigenvalue weighted by Gasteiger charge is -2.00. The van der Waals surface area contributed by atoms with Crippen LogP contribution in [-0.2, 0) is 0 Å². The second kappa shape index (κ2) is 3.42. The van der Waals surface area contributed by atoms with E-state index >= 15 is 0 Å². The smallest absolute Gasteiger partial charge is 0.0252 e. The van der Waals surface area contributed by atoms with Crippen LogP contribution in [0.25, 0.3) is 0 Å². The SMILES string of the molecule is C=N/C=C(\C)C(C)C. The van der Waals surface area contributed by atoms with Gasteiger partial charge in [0.15, 0.2) is 0 Å². The van der Waals surface area contributed by atoms with Crippen molar-refractivity contribution in [1.82, 2.24) is 0 Å². The average Bonchev–Trinajstić information content (AvgIpc) is 1.67. The quantitative estimate of drug-likeness (QED) is 0.484. The summed E-state index contributed by atoms with van der Waals surface area (Å²) in [5, 5.41) is 0. The van der Waals surface area contributed by atoms with Crippen LogP contribution in [0.15, 0.2) is 16.8 Å². The third-order valence-corrected chi connectivity index (χ3v) is 1.21. The fourth-order valence-electron chi connectivity index (χ4n) is 0.293. The Balaban J connectivity index is 3.78. The average molecular weight is 111 g/mol. The predicted octanol–water partition coefficient (Wildman–Crippen LogP) is 2.25. The number of nitrogens with zero attached hydrogens (tertiary/aromatic N) is 1. The minimum atomic E-state index is 0.598. The Morgan fingerprint density at radius 3 is 2.25 bits per heavy atom. The first-order chi connectivity index (χ1) is 3.68. The highest BCUT2D eigenvalue weighted by Gasteiger charge is 1.91. The van der Waals surface area contributed by atoms with Gasteiger partial charge in [0.1, 0.15) is 0 Å². The molecule has 46 valence electrons. The molecule has 0 saturated heterocycles. The fourth-order valence-corrected chi connectivity index (χ4v) is 0.293. The van der Waals surface area contributed by atoms with Crippen LogP contribution in [-0.4, -0.2) is 6.72 Å². The van der Waals surface area contributed by atoms with Crippen LogP contribution in [0.3, 0.4) is 0 Å². The zero-order valence-corrected chi connectivity index (χ0v) is 5.81. The number of hydrogen-bond donors (Lipinski definition) is 0. The van der Waals surface area contributed by atoms with Crippen molar-refractivity contribution in [3.8, 4) is 0 Å². The first kappa shape index (κ1) is 7.41. The second-order valence-corrected chi connectivity index (χ2v) is 2.21. The highest BCUT2D eigenvalue weighted by molar-refractivity contribution is 5.26. The third kappa shape index (κ3) is 2.56. The summed E-state index contributed by atoms with van der Waals surface area (Å²) in [7, 11) is 0. The molecule has 0 heterocycles. The highest BCUT2D eigenvalue weighted by Crippen LogP contribution is 2.06. The van der Waals surface area contributed by atoms with Gasteiger partial charge in [-0.1, -0.05) is 19.4 Å². The van der Waals surface area contributed by atoms with Gasteiger partial charge in [0.25, 0.3) is 0 Å². The molecule has 0 radical (unpaired) electrons. The fraction of sp³-hybridized carbons (Fsp3) is 0.571. The number of allylic oxidation sites excluding steroid dienone is 1. The van der Waals surface area contributed by atoms with E-state index in [1.165, 1.54) is 5.57 Å². The number of rotatable bonds is 2. The maximum atomic E-state index is 3.64. The monoisotopic (exact) mass is 111 g/mol.